The molecule has 0 spiro atoms. The molecule has 0 aromatic heterocycles. The van der Waals surface area contributed by atoms with Crippen molar-refractivity contribution in [2.75, 3.05) is 26.2 Å². The normalized spacial score (nSPS) is 15.1. The largest absolute Gasteiger partial charge is 0.328 e. The number of benzene rings is 2. The number of hydrogen-bond acceptors (Lipinski definition) is 3. The lowest BCUT2D eigenvalue weighted by Crippen LogP contribution is -3.13. The molecule has 1 N–H and O–H groups in total. The molecule has 0 unspecified atom stereocenters. The first-order valence-corrected chi connectivity index (χ1v) is 8.95. The maximum atomic E-state index is 12.7. The molecular formula is C19H21ClN3O3+. The molecule has 136 valence electrons. The van der Waals surface area contributed by atoms with Crippen LogP contribution < -0.4 is 4.90 Å². The van der Waals surface area contributed by atoms with Crippen LogP contribution >= 0.6 is 11.6 Å². The summed E-state index contributed by atoms with van der Waals surface area (Å²) in [4.78, 5) is 26.2. The summed E-state index contributed by atoms with van der Waals surface area (Å²) in [5.74, 6) is -0.167. The van der Waals surface area contributed by atoms with Gasteiger partial charge in [0.1, 0.15) is 6.54 Å². The molecule has 0 radical (unpaired) electrons. The molecule has 1 saturated heterocycles. The second kappa shape index (κ2) is 7.85. The Kier molecular flexibility index (Phi) is 5.54. The van der Waals surface area contributed by atoms with E-state index in [2.05, 4.69) is 25.1 Å². The second-order valence-electron chi connectivity index (χ2n) is 6.57. The van der Waals surface area contributed by atoms with Gasteiger partial charge < -0.3 is 9.80 Å². The number of nitro groups is 1. The summed E-state index contributed by atoms with van der Waals surface area (Å²) >= 11 is 6.08. The molecule has 1 amide bonds. The third-order valence-electron chi connectivity index (χ3n) is 4.85. The number of amides is 1. The van der Waals surface area contributed by atoms with Gasteiger partial charge >= 0.3 is 0 Å². The Morgan fingerprint density at radius 1 is 1.23 bits per heavy atom. The Morgan fingerprint density at radius 3 is 2.54 bits per heavy atom. The van der Waals surface area contributed by atoms with Crippen LogP contribution in [-0.2, 0) is 6.54 Å². The number of nitrogens with zero attached hydrogens (tertiary/aromatic N) is 2. The quantitative estimate of drug-likeness (QED) is 0.658. The average molecular weight is 375 g/mol. The fourth-order valence-electron chi connectivity index (χ4n) is 3.24. The van der Waals surface area contributed by atoms with Crippen molar-refractivity contribution in [3.8, 4) is 0 Å². The number of non-ortho nitro benzene ring substituents is 1. The van der Waals surface area contributed by atoms with E-state index in [-0.39, 0.29) is 16.6 Å². The molecule has 0 bridgehead atoms. The smallest absolute Gasteiger partial charge is 0.270 e. The number of rotatable bonds is 4. The molecule has 0 aliphatic carbocycles. The molecule has 26 heavy (non-hydrogen) atoms. The van der Waals surface area contributed by atoms with Crippen molar-refractivity contribution in [1.29, 1.82) is 0 Å². The molecule has 1 fully saturated rings. The molecule has 6 nitrogen and oxygen atoms in total. The maximum absolute atomic E-state index is 12.7. The molecule has 0 saturated carbocycles. The molecule has 2 aromatic carbocycles. The first-order valence-electron chi connectivity index (χ1n) is 8.57. The highest BCUT2D eigenvalue weighted by atomic mass is 35.5. The van der Waals surface area contributed by atoms with E-state index >= 15 is 0 Å². The third-order valence-corrected chi connectivity index (χ3v) is 5.17. The van der Waals surface area contributed by atoms with Gasteiger partial charge in [0.05, 0.1) is 41.7 Å². The first kappa shape index (κ1) is 18.4. The molecule has 1 aliphatic rings. The lowest BCUT2D eigenvalue weighted by molar-refractivity contribution is -0.917. The zero-order chi connectivity index (χ0) is 18.7. The van der Waals surface area contributed by atoms with Crippen LogP contribution in [0.4, 0.5) is 5.69 Å². The van der Waals surface area contributed by atoms with Crippen molar-refractivity contribution in [1.82, 2.24) is 4.90 Å². The van der Waals surface area contributed by atoms with Crippen LogP contribution in [-0.4, -0.2) is 41.9 Å². The number of quaternary nitrogens is 1. The standard InChI is InChI=1S/C19H20ClN3O3/c1-14-4-2-3-5-15(14)13-21-8-10-22(11-9-21)19(24)17-7-6-16(23(25)26)12-18(17)20/h2-7,12H,8-11,13H2,1H3/p+1. The fourth-order valence-corrected chi connectivity index (χ4v) is 3.50. The predicted octanol–water partition coefficient (Wildman–Crippen LogP) is 2.10. The van der Waals surface area contributed by atoms with Crippen LogP contribution in [0.25, 0.3) is 0 Å². The van der Waals surface area contributed by atoms with Gasteiger partial charge in [-0.25, -0.2) is 0 Å². The number of carbonyl (C=O) groups excluding carboxylic acids is 1. The lowest BCUT2D eigenvalue weighted by atomic mass is 10.1. The van der Waals surface area contributed by atoms with Gasteiger partial charge in [-0.1, -0.05) is 35.9 Å². The van der Waals surface area contributed by atoms with Crippen LogP contribution in [0.15, 0.2) is 42.5 Å². The number of halogens is 1. The molecule has 3 rings (SSSR count). The minimum absolute atomic E-state index is 0.112. The Balaban J connectivity index is 1.62. The van der Waals surface area contributed by atoms with Crippen LogP contribution in [0.3, 0.4) is 0 Å². The van der Waals surface area contributed by atoms with E-state index in [0.29, 0.717) is 18.7 Å². The molecule has 7 heteroatoms. The van der Waals surface area contributed by atoms with Gasteiger partial charge in [-0.3, -0.25) is 14.9 Å². The van der Waals surface area contributed by atoms with Gasteiger partial charge in [0, 0.05) is 17.7 Å². The second-order valence-corrected chi connectivity index (χ2v) is 6.97. The number of carbonyl (C=O) groups is 1. The Morgan fingerprint density at radius 2 is 1.92 bits per heavy atom. The van der Waals surface area contributed by atoms with E-state index in [4.69, 9.17) is 11.6 Å². The lowest BCUT2D eigenvalue weighted by Gasteiger charge is -2.32. The highest BCUT2D eigenvalue weighted by Crippen LogP contribution is 2.23. The van der Waals surface area contributed by atoms with Crippen LogP contribution in [0.2, 0.25) is 5.02 Å². The molecule has 2 aromatic rings. The third kappa shape index (κ3) is 4.03. The summed E-state index contributed by atoms with van der Waals surface area (Å²) in [5, 5.41) is 10.9. The van der Waals surface area contributed by atoms with Gasteiger partial charge in [0.15, 0.2) is 0 Å². The van der Waals surface area contributed by atoms with Gasteiger partial charge in [-0.2, -0.15) is 0 Å². The number of hydrogen-bond donors (Lipinski definition) is 1. The van der Waals surface area contributed by atoms with Gasteiger partial charge in [0.25, 0.3) is 11.6 Å². The minimum atomic E-state index is -0.520. The van der Waals surface area contributed by atoms with Gasteiger partial charge in [-0.15, -0.1) is 0 Å². The van der Waals surface area contributed by atoms with Crippen LogP contribution in [0, 0.1) is 17.0 Å². The number of aryl methyl sites for hydroxylation is 1. The number of nitrogens with one attached hydrogen (secondary N) is 1. The summed E-state index contributed by atoms with van der Waals surface area (Å²) in [5.41, 5.74) is 2.83. The Bertz CT molecular complexity index is 833. The van der Waals surface area contributed by atoms with Gasteiger partial charge in [-0.05, 0) is 18.6 Å². The van der Waals surface area contributed by atoms with Crippen molar-refractivity contribution in [2.45, 2.75) is 13.5 Å². The molecule has 1 aliphatic heterocycles. The van der Waals surface area contributed by atoms with E-state index in [1.54, 1.807) is 4.90 Å². The topological polar surface area (TPSA) is 67.9 Å². The maximum Gasteiger partial charge on any atom is 0.270 e. The monoisotopic (exact) mass is 374 g/mol. The summed E-state index contributed by atoms with van der Waals surface area (Å²) in [6.07, 6.45) is 0. The zero-order valence-electron chi connectivity index (χ0n) is 14.6. The Labute approximate surface area is 157 Å². The zero-order valence-corrected chi connectivity index (χ0v) is 15.3. The average Bonchev–Trinajstić information content (AvgIpc) is 2.63. The summed E-state index contributed by atoms with van der Waals surface area (Å²) in [7, 11) is 0. The molecular weight excluding hydrogens is 354 g/mol. The fraction of sp³-hybridized carbons (Fsp3) is 0.316. The van der Waals surface area contributed by atoms with Crippen LogP contribution in [0.5, 0.6) is 0 Å². The van der Waals surface area contributed by atoms with E-state index in [1.165, 1.54) is 34.2 Å². The van der Waals surface area contributed by atoms with Crippen LogP contribution in [0.1, 0.15) is 21.5 Å². The van der Waals surface area contributed by atoms with E-state index in [0.717, 1.165) is 19.6 Å². The highest BCUT2D eigenvalue weighted by molar-refractivity contribution is 6.34. The SMILES string of the molecule is Cc1ccccc1C[NH+]1CCN(C(=O)c2ccc([N+](=O)[O-])cc2Cl)CC1. The molecule has 0 atom stereocenters. The summed E-state index contributed by atoms with van der Waals surface area (Å²) < 4.78 is 0. The van der Waals surface area contributed by atoms with Crippen molar-refractivity contribution in [3.63, 3.8) is 0 Å². The van der Waals surface area contributed by atoms with E-state index in [1.807, 2.05) is 6.07 Å². The summed E-state index contributed by atoms with van der Waals surface area (Å²) in [6, 6.07) is 12.3. The number of nitro benzene ring substituents is 1. The van der Waals surface area contributed by atoms with Crippen molar-refractivity contribution in [3.05, 3.63) is 74.3 Å². The Hall–Kier alpha value is -2.44. The predicted molar refractivity (Wildman–Crippen MR) is 99.6 cm³/mol. The van der Waals surface area contributed by atoms with E-state index < -0.39 is 4.92 Å². The summed E-state index contributed by atoms with van der Waals surface area (Å²) in [6.45, 7) is 6.09. The van der Waals surface area contributed by atoms with Gasteiger partial charge in [0.2, 0.25) is 0 Å². The van der Waals surface area contributed by atoms with E-state index in [9.17, 15) is 14.9 Å². The van der Waals surface area contributed by atoms with Crippen molar-refractivity contribution in [2.24, 2.45) is 0 Å². The molecule has 1 heterocycles. The first-order chi connectivity index (χ1) is 12.5. The van der Waals surface area contributed by atoms with Crippen molar-refractivity contribution < 1.29 is 14.6 Å². The minimum Gasteiger partial charge on any atom is -0.328 e. The highest BCUT2D eigenvalue weighted by Gasteiger charge is 2.26. The number of piperazine rings is 1. The van der Waals surface area contributed by atoms with Crippen molar-refractivity contribution >= 4 is 23.2 Å².